The average Bonchev–Trinajstić information content (AvgIpc) is 3.01. The summed E-state index contributed by atoms with van der Waals surface area (Å²) in [6.07, 6.45) is 1.56. The number of carbonyl (C=O) groups is 1. The van der Waals surface area contributed by atoms with Gasteiger partial charge in [-0.2, -0.15) is 0 Å². The molecule has 1 fully saturated rings. The third kappa shape index (κ3) is 5.36. The second kappa shape index (κ2) is 8.00. The SMILES string of the molecule is Cc1ccc(OCC(O)CNCC(=O)N2CCCC2)cc1. The van der Waals surface area contributed by atoms with Crippen molar-refractivity contribution in [2.75, 3.05) is 32.8 Å². The Morgan fingerprint density at radius 1 is 1.33 bits per heavy atom. The number of aliphatic hydroxyl groups excluding tert-OH is 1. The average molecular weight is 292 g/mol. The van der Waals surface area contributed by atoms with E-state index in [1.165, 1.54) is 5.56 Å². The molecule has 21 heavy (non-hydrogen) atoms. The molecular formula is C16H24N2O3. The van der Waals surface area contributed by atoms with Gasteiger partial charge in [-0.25, -0.2) is 0 Å². The number of benzene rings is 1. The van der Waals surface area contributed by atoms with Crippen molar-refractivity contribution in [1.29, 1.82) is 0 Å². The van der Waals surface area contributed by atoms with Crippen LogP contribution >= 0.6 is 0 Å². The van der Waals surface area contributed by atoms with Gasteiger partial charge in [-0.1, -0.05) is 17.7 Å². The van der Waals surface area contributed by atoms with E-state index < -0.39 is 6.10 Å². The molecule has 2 rings (SSSR count). The molecule has 5 heteroatoms. The van der Waals surface area contributed by atoms with Crippen molar-refractivity contribution in [3.05, 3.63) is 29.8 Å². The van der Waals surface area contributed by atoms with Gasteiger partial charge in [0.2, 0.25) is 5.91 Å². The lowest BCUT2D eigenvalue weighted by atomic mass is 10.2. The van der Waals surface area contributed by atoms with Gasteiger partial charge in [-0.3, -0.25) is 4.79 Å². The number of hydrogen-bond acceptors (Lipinski definition) is 4. The van der Waals surface area contributed by atoms with E-state index in [2.05, 4.69) is 5.32 Å². The predicted molar refractivity (Wildman–Crippen MR) is 81.4 cm³/mol. The van der Waals surface area contributed by atoms with Crippen LogP contribution in [0.2, 0.25) is 0 Å². The summed E-state index contributed by atoms with van der Waals surface area (Å²) in [5.41, 5.74) is 1.17. The molecule has 1 atom stereocenters. The number of ether oxygens (including phenoxy) is 1. The third-order valence-electron chi connectivity index (χ3n) is 3.58. The standard InChI is InChI=1S/C16H24N2O3/c1-13-4-6-15(7-5-13)21-12-14(19)10-17-11-16(20)18-8-2-3-9-18/h4-7,14,17,19H,2-3,8-12H2,1H3. The van der Waals surface area contributed by atoms with E-state index in [4.69, 9.17) is 4.74 Å². The molecule has 1 heterocycles. The highest BCUT2D eigenvalue weighted by Crippen LogP contribution is 2.11. The molecule has 1 amide bonds. The Morgan fingerprint density at radius 3 is 2.67 bits per heavy atom. The Kier molecular flexibility index (Phi) is 6.02. The molecule has 0 saturated carbocycles. The number of carbonyl (C=O) groups excluding carboxylic acids is 1. The molecule has 1 aromatic carbocycles. The summed E-state index contributed by atoms with van der Waals surface area (Å²) in [4.78, 5) is 13.7. The minimum absolute atomic E-state index is 0.110. The molecule has 2 N–H and O–H groups in total. The van der Waals surface area contributed by atoms with Crippen molar-refractivity contribution in [3.8, 4) is 5.75 Å². The molecule has 1 aliphatic rings. The van der Waals surface area contributed by atoms with Crippen LogP contribution in [0.25, 0.3) is 0 Å². The largest absolute Gasteiger partial charge is 0.491 e. The Morgan fingerprint density at radius 2 is 2.00 bits per heavy atom. The number of amides is 1. The molecule has 1 aliphatic heterocycles. The summed E-state index contributed by atoms with van der Waals surface area (Å²) in [6, 6.07) is 7.70. The first-order valence-corrected chi connectivity index (χ1v) is 7.51. The zero-order valence-corrected chi connectivity index (χ0v) is 12.5. The number of aliphatic hydroxyl groups is 1. The first kappa shape index (κ1) is 15.8. The van der Waals surface area contributed by atoms with Gasteiger partial charge >= 0.3 is 0 Å². The molecule has 0 bridgehead atoms. The van der Waals surface area contributed by atoms with Crippen molar-refractivity contribution in [3.63, 3.8) is 0 Å². The minimum Gasteiger partial charge on any atom is -0.491 e. The number of likely N-dealkylation sites (tertiary alicyclic amines) is 1. The van der Waals surface area contributed by atoms with Gasteiger partial charge in [0, 0.05) is 19.6 Å². The van der Waals surface area contributed by atoms with Crippen LogP contribution in [0.5, 0.6) is 5.75 Å². The quantitative estimate of drug-likeness (QED) is 0.785. The van der Waals surface area contributed by atoms with Crippen molar-refractivity contribution in [2.24, 2.45) is 0 Å². The van der Waals surface area contributed by atoms with E-state index in [1.54, 1.807) is 0 Å². The highest BCUT2D eigenvalue weighted by atomic mass is 16.5. The summed E-state index contributed by atoms with van der Waals surface area (Å²) in [6.45, 7) is 4.58. The molecule has 1 unspecified atom stereocenters. The van der Waals surface area contributed by atoms with Gasteiger partial charge < -0.3 is 20.1 Å². The zero-order chi connectivity index (χ0) is 15.1. The topological polar surface area (TPSA) is 61.8 Å². The number of rotatable bonds is 7. The maximum Gasteiger partial charge on any atom is 0.236 e. The third-order valence-corrected chi connectivity index (χ3v) is 3.58. The van der Waals surface area contributed by atoms with Crippen molar-refractivity contribution < 1.29 is 14.6 Å². The summed E-state index contributed by atoms with van der Waals surface area (Å²) < 4.78 is 5.49. The molecule has 0 radical (unpaired) electrons. The molecule has 1 saturated heterocycles. The monoisotopic (exact) mass is 292 g/mol. The van der Waals surface area contributed by atoms with Gasteiger partial charge in [0.15, 0.2) is 0 Å². The van der Waals surface area contributed by atoms with Gasteiger partial charge in [-0.15, -0.1) is 0 Å². The lowest BCUT2D eigenvalue weighted by Crippen LogP contribution is -2.40. The fourth-order valence-electron chi connectivity index (χ4n) is 2.31. The Hall–Kier alpha value is -1.59. The maximum absolute atomic E-state index is 11.8. The summed E-state index contributed by atoms with van der Waals surface area (Å²) in [5, 5.41) is 12.8. The summed E-state index contributed by atoms with van der Waals surface area (Å²) in [7, 11) is 0. The molecule has 0 aromatic heterocycles. The maximum atomic E-state index is 11.8. The van der Waals surface area contributed by atoms with Gasteiger partial charge in [0.25, 0.3) is 0 Å². The highest BCUT2D eigenvalue weighted by Gasteiger charge is 2.17. The van der Waals surface area contributed by atoms with E-state index in [1.807, 2.05) is 36.1 Å². The molecule has 116 valence electrons. The fraction of sp³-hybridized carbons (Fsp3) is 0.562. The van der Waals surface area contributed by atoms with Gasteiger partial charge in [-0.05, 0) is 31.9 Å². The Labute approximate surface area is 125 Å². The van der Waals surface area contributed by atoms with Crippen molar-refractivity contribution >= 4 is 5.91 Å². The van der Waals surface area contributed by atoms with Crippen LogP contribution in [-0.4, -0.2) is 54.8 Å². The van der Waals surface area contributed by atoms with Crippen LogP contribution in [0.1, 0.15) is 18.4 Å². The van der Waals surface area contributed by atoms with Crippen LogP contribution in [0.4, 0.5) is 0 Å². The molecule has 0 spiro atoms. The van der Waals surface area contributed by atoms with E-state index in [9.17, 15) is 9.90 Å². The molecular weight excluding hydrogens is 268 g/mol. The Balaban J connectivity index is 1.59. The molecule has 1 aromatic rings. The number of nitrogens with zero attached hydrogens (tertiary/aromatic N) is 1. The smallest absolute Gasteiger partial charge is 0.236 e. The molecule has 5 nitrogen and oxygen atoms in total. The summed E-state index contributed by atoms with van der Waals surface area (Å²) >= 11 is 0. The van der Waals surface area contributed by atoms with Crippen LogP contribution < -0.4 is 10.1 Å². The van der Waals surface area contributed by atoms with E-state index in [0.29, 0.717) is 6.54 Å². The van der Waals surface area contributed by atoms with Crippen LogP contribution in [0.3, 0.4) is 0 Å². The normalized spacial score (nSPS) is 16.0. The van der Waals surface area contributed by atoms with Crippen molar-refractivity contribution in [2.45, 2.75) is 25.9 Å². The van der Waals surface area contributed by atoms with Gasteiger partial charge in [0.05, 0.1) is 6.54 Å². The van der Waals surface area contributed by atoms with Gasteiger partial charge in [0.1, 0.15) is 18.5 Å². The first-order chi connectivity index (χ1) is 10.1. The second-order valence-corrected chi connectivity index (χ2v) is 5.50. The lowest BCUT2D eigenvalue weighted by Gasteiger charge is -2.17. The predicted octanol–water partition coefficient (Wildman–Crippen LogP) is 0.947. The first-order valence-electron chi connectivity index (χ1n) is 7.51. The van der Waals surface area contributed by atoms with E-state index in [0.717, 1.165) is 31.7 Å². The lowest BCUT2D eigenvalue weighted by molar-refractivity contribution is -0.129. The number of nitrogens with one attached hydrogen (secondary N) is 1. The van der Waals surface area contributed by atoms with Crippen LogP contribution in [0, 0.1) is 6.92 Å². The number of hydrogen-bond donors (Lipinski definition) is 2. The van der Waals surface area contributed by atoms with E-state index >= 15 is 0 Å². The van der Waals surface area contributed by atoms with E-state index in [-0.39, 0.29) is 19.1 Å². The number of aryl methyl sites for hydroxylation is 1. The highest BCUT2D eigenvalue weighted by molar-refractivity contribution is 5.78. The molecule has 0 aliphatic carbocycles. The van der Waals surface area contributed by atoms with Crippen LogP contribution in [0.15, 0.2) is 24.3 Å². The Bertz CT molecular complexity index is 441. The zero-order valence-electron chi connectivity index (χ0n) is 12.5. The minimum atomic E-state index is -0.627. The summed E-state index contributed by atoms with van der Waals surface area (Å²) in [5.74, 6) is 0.854. The second-order valence-electron chi connectivity index (χ2n) is 5.50. The van der Waals surface area contributed by atoms with Crippen molar-refractivity contribution in [1.82, 2.24) is 10.2 Å². The van der Waals surface area contributed by atoms with Crippen LogP contribution in [-0.2, 0) is 4.79 Å². The fourth-order valence-corrected chi connectivity index (χ4v) is 2.31.